The van der Waals surface area contributed by atoms with E-state index in [1.165, 1.54) is 37.0 Å². The van der Waals surface area contributed by atoms with Crippen LogP contribution in [-0.4, -0.2) is 91.0 Å². The fourth-order valence-electron chi connectivity index (χ4n) is 4.94. The highest BCUT2D eigenvalue weighted by Crippen LogP contribution is 2.40. The number of hydrogen-bond donors (Lipinski definition) is 3. The number of ether oxygens (including phenoxy) is 2. The summed E-state index contributed by atoms with van der Waals surface area (Å²) in [6, 6.07) is 6.07. The normalized spacial score (nSPS) is 19.5. The van der Waals surface area contributed by atoms with Crippen molar-refractivity contribution in [3.05, 3.63) is 47.8 Å². The molecule has 2 atom stereocenters. The van der Waals surface area contributed by atoms with Gasteiger partial charge in [0.1, 0.15) is 16.9 Å². The third-order valence-electron chi connectivity index (χ3n) is 7.18. The van der Waals surface area contributed by atoms with Crippen molar-refractivity contribution >= 4 is 34.7 Å². The summed E-state index contributed by atoms with van der Waals surface area (Å²) in [6.45, 7) is 2.21. The molecule has 2 saturated heterocycles. The Kier molecular flexibility index (Phi) is 9.00. The number of rotatable bonds is 8. The van der Waals surface area contributed by atoms with E-state index >= 15 is 4.39 Å². The van der Waals surface area contributed by atoms with Crippen molar-refractivity contribution < 1.29 is 31.8 Å². The number of anilines is 2. The number of alkyl halides is 4. The molecule has 2 aliphatic heterocycles. The average molecular weight is 607 g/mol. The minimum atomic E-state index is -4.56. The van der Waals surface area contributed by atoms with Gasteiger partial charge in [0.2, 0.25) is 0 Å². The van der Waals surface area contributed by atoms with Gasteiger partial charge in [0, 0.05) is 49.9 Å². The largest absolute Gasteiger partial charge is 0.495 e. The van der Waals surface area contributed by atoms with Crippen molar-refractivity contribution in [1.82, 2.24) is 19.6 Å². The van der Waals surface area contributed by atoms with Gasteiger partial charge in [-0.15, -0.1) is 0 Å². The molecule has 14 heteroatoms. The van der Waals surface area contributed by atoms with Crippen molar-refractivity contribution in [3.8, 4) is 17.6 Å². The Labute approximate surface area is 244 Å². The molecular weight excluding hydrogens is 576 g/mol. The maximum Gasteiger partial charge on any atom is 0.447 e. The van der Waals surface area contributed by atoms with E-state index in [0.29, 0.717) is 48.7 Å². The molecule has 0 saturated carbocycles. The third kappa shape index (κ3) is 6.69. The lowest BCUT2D eigenvalue weighted by Gasteiger charge is -2.42. The zero-order valence-electron chi connectivity index (χ0n) is 22.9. The van der Waals surface area contributed by atoms with Gasteiger partial charge in [-0.3, -0.25) is 9.69 Å². The number of nitrogens with zero attached hydrogens (tertiary/aromatic N) is 3. The Morgan fingerprint density at radius 3 is 2.76 bits per heavy atom. The summed E-state index contributed by atoms with van der Waals surface area (Å²) >= 11 is -0.273. The lowest BCUT2D eigenvalue weighted by molar-refractivity contribution is -0.0794. The van der Waals surface area contributed by atoms with E-state index in [2.05, 4.69) is 37.7 Å². The van der Waals surface area contributed by atoms with Gasteiger partial charge in [-0.25, -0.2) is 9.37 Å². The number of halogens is 4. The second kappa shape index (κ2) is 12.7. The molecule has 4 heterocycles. The molecule has 2 aromatic heterocycles. The highest BCUT2D eigenvalue weighted by atomic mass is 32.2. The van der Waals surface area contributed by atoms with E-state index in [9.17, 15) is 18.0 Å². The van der Waals surface area contributed by atoms with Crippen molar-refractivity contribution in [1.29, 1.82) is 0 Å². The summed E-state index contributed by atoms with van der Waals surface area (Å²) in [7, 11) is 3.00. The minimum absolute atomic E-state index is 0.0629. The molecule has 1 amide bonds. The molecule has 1 aromatic carbocycles. The molecule has 3 N–H and O–H groups in total. The molecule has 3 aromatic rings. The van der Waals surface area contributed by atoms with Gasteiger partial charge in [-0.2, -0.15) is 13.2 Å². The van der Waals surface area contributed by atoms with Gasteiger partial charge < -0.3 is 29.8 Å². The lowest BCUT2D eigenvalue weighted by atomic mass is 10.0. The second-order valence-corrected chi connectivity index (χ2v) is 10.9. The predicted octanol–water partition coefficient (Wildman–Crippen LogP) is 4.00. The van der Waals surface area contributed by atoms with Crippen molar-refractivity contribution in [3.63, 3.8) is 0 Å². The molecule has 0 unspecified atom stereocenters. The first kappa shape index (κ1) is 29.8. The smallest absolute Gasteiger partial charge is 0.447 e. The number of nitrogens with one attached hydrogen (secondary N) is 3. The Hall–Kier alpha value is -3.67. The molecule has 0 aliphatic carbocycles. The maximum atomic E-state index is 15.1. The summed E-state index contributed by atoms with van der Waals surface area (Å²) in [5.41, 5.74) is -3.13. The number of carbonyl (C=O) groups is 1. The number of aromatic nitrogens is 2. The number of piperidine rings is 1. The Balaban J connectivity index is 1.37. The maximum absolute atomic E-state index is 15.1. The zero-order chi connectivity index (χ0) is 29.9. The van der Waals surface area contributed by atoms with Crippen LogP contribution in [0.3, 0.4) is 0 Å². The van der Waals surface area contributed by atoms with Gasteiger partial charge >= 0.3 is 5.51 Å². The van der Waals surface area contributed by atoms with Crippen LogP contribution < -0.4 is 20.7 Å². The number of likely N-dealkylation sites (tertiary alicyclic amines) is 1. The van der Waals surface area contributed by atoms with Gasteiger partial charge in [-0.1, -0.05) is 11.8 Å². The highest BCUT2D eigenvalue weighted by Gasteiger charge is 2.36. The topological polar surface area (TPSA) is 92.2 Å². The van der Waals surface area contributed by atoms with Crippen LogP contribution in [0.25, 0.3) is 5.52 Å². The Morgan fingerprint density at radius 2 is 2.10 bits per heavy atom. The summed E-state index contributed by atoms with van der Waals surface area (Å²) < 4.78 is 67.7. The van der Waals surface area contributed by atoms with Crippen LogP contribution in [0.2, 0.25) is 0 Å². The summed E-state index contributed by atoms with van der Waals surface area (Å²) in [5.74, 6) is 6.17. The Bertz CT molecular complexity index is 1500. The molecular formula is C28H30F4N6O3S. The fraction of sp³-hybridized carbons (Fsp3) is 0.429. The van der Waals surface area contributed by atoms with E-state index in [1.807, 2.05) is 0 Å². The van der Waals surface area contributed by atoms with E-state index in [-0.39, 0.29) is 53.2 Å². The number of amides is 1. The first-order chi connectivity index (χ1) is 20.2. The first-order valence-electron chi connectivity index (χ1n) is 13.3. The third-order valence-corrected chi connectivity index (χ3v) is 8.02. The molecule has 0 bridgehead atoms. The van der Waals surface area contributed by atoms with Crippen LogP contribution in [0.1, 0.15) is 22.3 Å². The number of fused-ring (bicyclic) bond motifs is 1. The molecule has 224 valence electrons. The number of hydrogen-bond acceptors (Lipinski definition) is 8. The molecule has 2 aliphatic rings. The summed E-state index contributed by atoms with van der Waals surface area (Å²) in [6.07, 6.45) is 2.16. The van der Waals surface area contributed by atoms with Crippen LogP contribution in [0.4, 0.5) is 29.1 Å². The molecule has 0 spiro atoms. The van der Waals surface area contributed by atoms with Crippen molar-refractivity contribution in [2.24, 2.45) is 0 Å². The second-order valence-electron chi connectivity index (χ2n) is 9.83. The van der Waals surface area contributed by atoms with E-state index < -0.39 is 17.7 Å². The first-order valence-corrected chi connectivity index (χ1v) is 14.1. The molecule has 0 radical (unpaired) electrons. The van der Waals surface area contributed by atoms with Crippen LogP contribution in [0, 0.1) is 11.8 Å². The van der Waals surface area contributed by atoms with E-state index in [0.717, 1.165) is 0 Å². The zero-order valence-corrected chi connectivity index (χ0v) is 23.7. The molecule has 5 rings (SSSR count). The van der Waals surface area contributed by atoms with Crippen LogP contribution in [-0.2, 0) is 4.74 Å². The van der Waals surface area contributed by atoms with Crippen molar-refractivity contribution in [2.75, 3.05) is 57.6 Å². The standard InChI is InChI=1S/C28H30F4N6O3S/c1-33-26(39)17-5-6-24(40-2)22(12-17)34-8-3-4-18-13-23-25(35-9-11-38(23)27(18)42-28(30,31)32)36-21-7-10-37(14-20(21)29)19-15-41-16-19/h5-6,9,11-13,19-21,34H,7-8,10,14-16H2,1-2H3,(H,33,39)(H,35,36)/t20-,21+/m0/s1. The number of benzene rings is 1. The number of thioether (sulfide) groups is 1. The van der Waals surface area contributed by atoms with E-state index in [1.54, 1.807) is 18.2 Å². The molecule has 2 fully saturated rings. The quantitative estimate of drug-likeness (QED) is 0.202. The predicted molar refractivity (Wildman–Crippen MR) is 152 cm³/mol. The fourth-order valence-corrected chi connectivity index (χ4v) is 5.63. The van der Waals surface area contributed by atoms with Crippen LogP contribution >= 0.6 is 11.8 Å². The van der Waals surface area contributed by atoms with Gasteiger partial charge in [-0.05, 0) is 30.7 Å². The molecule has 9 nitrogen and oxygen atoms in total. The SMILES string of the molecule is CNC(=O)c1ccc(OC)c(NCC#Cc2cc3c(N[C@@H]4CCN(C5COC5)C[C@@H]4F)nccn3c2SC(F)(F)F)c1. The molecule has 42 heavy (non-hydrogen) atoms. The average Bonchev–Trinajstić information content (AvgIpc) is 3.27. The number of carbonyl (C=O) groups excluding carboxylic acids is 1. The lowest BCUT2D eigenvalue weighted by Crippen LogP contribution is -2.57. The van der Waals surface area contributed by atoms with Gasteiger partial charge in [0.15, 0.2) is 5.82 Å². The summed E-state index contributed by atoms with van der Waals surface area (Å²) in [4.78, 5) is 18.4. The van der Waals surface area contributed by atoms with Gasteiger partial charge in [0.25, 0.3) is 5.91 Å². The summed E-state index contributed by atoms with van der Waals surface area (Å²) in [5, 5.41) is 8.61. The highest BCUT2D eigenvalue weighted by molar-refractivity contribution is 8.00. The van der Waals surface area contributed by atoms with Crippen LogP contribution in [0.15, 0.2) is 41.7 Å². The minimum Gasteiger partial charge on any atom is -0.495 e. The Morgan fingerprint density at radius 1 is 1.29 bits per heavy atom. The number of methoxy groups -OCH3 is 1. The monoisotopic (exact) mass is 606 g/mol. The van der Waals surface area contributed by atoms with Gasteiger partial charge in [0.05, 0.1) is 55.7 Å². The van der Waals surface area contributed by atoms with Crippen LogP contribution in [0.5, 0.6) is 5.75 Å². The van der Waals surface area contributed by atoms with E-state index in [4.69, 9.17) is 9.47 Å². The van der Waals surface area contributed by atoms with Crippen molar-refractivity contribution in [2.45, 2.75) is 35.2 Å².